The van der Waals surface area contributed by atoms with Gasteiger partial charge in [0.25, 0.3) is 0 Å². The molecule has 1 amide bonds. The van der Waals surface area contributed by atoms with E-state index in [9.17, 15) is 9.90 Å². The van der Waals surface area contributed by atoms with Gasteiger partial charge in [0.1, 0.15) is 5.60 Å². The molecule has 2 rings (SSSR count). The van der Waals surface area contributed by atoms with Crippen LogP contribution in [0.25, 0.3) is 0 Å². The zero-order valence-electron chi connectivity index (χ0n) is 15.1. The number of nitrogens with zero attached hydrogens (tertiary/aromatic N) is 1. The van der Waals surface area contributed by atoms with Crippen LogP contribution >= 0.6 is 9.47 Å². The number of aliphatic hydroxyl groups excluding tert-OH is 1. The number of benzene rings is 1. The number of carbonyl (C=O) groups excluding carboxylic acids is 1. The molecule has 25 heavy (non-hydrogen) atoms. The highest BCUT2D eigenvalue weighted by Gasteiger charge is 2.38. The molecule has 6 nitrogen and oxygen atoms in total. The maximum atomic E-state index is 12.1. The highest BCUT2D eigenvalue weighted by atomic mass is 31.0. The number of alkyl carbamates (subject to hydrolysis) is 1. The van der Waals surface area contributed by atoms with Gasteiger partial charge in [-0.2, -0.15) is 0 Å². The molecule has 140 valence electrons. The van der Waals surface area contributed by atoms with E-state index in [2.05, 4.69) is 31.8 Å². The van der Waals surface area contributed by atoms with Crippen LogP contribution in [0.3, 0.4) is 0 Å². The Morgan fingerprint density at radius 3 is 2.64 bits per heavy atom. The fourth-order valence-electron chi connectivity index (χ4n) is 3.10. The smallest absolute Gasteiger partial charge is 0.407 e. The molecule has 0 bridgehead atoms. The first-order valence-corrected chi connectivity index (χ1v) is 9.01. The Labute approximate surface area is 152 Å². The molecule has 0 aromatic heterocycles. The van der Waals surface area contributed by atoms with Crippen molar-refractivity contribution < 1.29 is 19.2 Å². The highest BCUT2D eigenvalue weighted by molar-refractivity contribution is 7.09. The van der Waals surface area contributed by atoms with E-state index in [-0.39, 0.29) is 12.0 Å². The minimum atomic E-state index is -0.565. The Bertz CT molecular complexity index is 550. The highest BCUT2D eigenvalue weighted by Crippen LogP contribution is 2.23. The second-order valence-electron chi connectivity index (χ2n) is 7.50. The predicted octanol–water partition coefficient (Wildman–Crippen LogP) is 2.18. The summed E-state index contributed by atoms with van der Waals surface area (Å²) in [4.78, 5) is 14.3. The van der Waals surface area contributed by atoms with Gasteiger partial charge in [0.05, 0.1) is 18.8 Å². The lowest BCUT2D eigenvalue weighted by atomic mass is 9.97. The Kier molecular flexibility index (Phi) is 7.20. The van der Waals surface area contributed by atoms with Gasteiger partial charge in [-0.05, 0) is 26.3 Å². The number of amides is 1. The monoisotopic (exact) mass is 368 g/mol. The van der Waals surface area contributed by atoms with Crippen LogP contribution in [0, 0.1) is 5.92 Å². The number of hydrogen-bond donors (Lipinski definition) is 2. The van der Waals surface area contributed by atoms with Gasteiger partial charge in [0.15, 0.2) is 0 Å². The molecule has 4 atom stereocenters. The molecule has 0 spiro atoms. The largest absolute Gasteiger partial charge is 0.444 e. The molecule has 7 heteroatoms. The Hall–Kier alpha value is -1.20. The molecular weight excluding hydrogens is 339 g/mol. The molecule has 1 aliphatic rings. The second-order valence-corrected chi connectivity index (χ2v) is 7.83. The van der Waals surface area contributed by atoms with E-state index in [0.29, 0.717) is 19.7 Å². The molecule has 1 fully saturated rings. The fraction of sp³-hybridized carbons (Fsp3) is 0.611. The standard InChI is InChI=1S/C18H29N2O4P/c1-18(2,3)24-17(22)19-15(12-23-25)14-10-20(11-16(14)21)9-13-7-5-4-6-8-13/h4-8,14-16,21H,9-12,25H2,1-3H3,(H,19,22). The Balaban J connectivity index is 1.96. The molecular formula is C18H29N2O4P. The van der Waals surface area contributed by atoms with E-state index in [0.717, 1.165) is 6.54 Å². The van der Waals surface area contributed by atoms with Crippen molar-refractivity contribution >= 4 is 15.6 Å². The van der Waals surface area contributed by atoms with E-state index in [1.807, 2.05) is 39.0 Å². The molecule has 2 N–H and O–H groups in total. The molecule has 1 aromatic carbocycles. The summed E-state index contributed by atoms with van der Waals surface area (Å²) in [5.74, 6) is -0.114. The minimum Gasteiger partial charge on any atom is -0.444 e. The summed E-state index contributed by atoms with van der Waals surface area (Å²) in [6.07, 6.45) is -1.02. The molecule has 4 unspecified atom stereocenters. The molecule has 1 saturated heterocycles. The van der Waals surface area contributed by atoms with E-state index >= 15 is 0 Å². The SMILES string of the molecule is CC(C)(C)OC(=O)NC(COP)C1CN(Cc2ccccc2)CC1O. The number of likely N-dealkylation sites (tertiary alicyclic amines) is 1. The van der Waals surface area contributed by atoms with Crippen molar-refractivity contribution in [1.82, 2.24) is 10.2 Å². The maximum absolute atomic E-state index is 12.1. The van der Waals surface area contributed by atoms with Crippen LogP contribution in [0.4, 0.5) is 4.79 Å². The van der Waals surface area contributed by atoms with Crippen molar-refractivity contribution in [3.05, 3.63) is 35.9 Å². The van der Waals surface area contributed by atoms with Crippen LogP contribution in [0.2, 0.25) is 0 Å². The first-order chi connectivity index (χ1) is 11.8. The van der Waals surface area contributed by atoms with Crippen molar-refractivity contribution in [2.45, 2.75) is 45.1 Å². The fourth-order valence-corrected chi connectivity index (χ4v) is 3.30. The van der Waals surface area contributed by atoms with Crippen LogP contribution in [0.1, 0.15) is 26.3 Å². The number of aliphatic hydroxyl groups is 1. The number of carbonyl (C=O) groups is 1. The third-order valence-electron chi connectivity index (χ3n) is 4.15. The van der Waals surface area contributed by atoms with E-state index in [4.69, 9.17) is 9.26 Å². The predicted molar refractivity (Wildman–Crippen MR) is 100 cm³/mol. The molecule has 0 saturated carbocycles. The molecule has 1 heterocycles. The third kappa shape index (κ3) is 6.55. The van der Waals surface area contributed by atoms with Gasteiger partial charge < -0.3 is 19.7 Å². The lowest BCUT2D eigenvalue weighted by Gasteiger charge is -2.28. The average Bonchev–Trinajstić information content (AvgIpc) is 2.86. The van der Waals surface area contributed by atoms with Crippen molar-refractivity contribution in [1.29, 1.82) is 0 Å². The normalized spacial score (nSPS) is 22.6. The summed E-state index contributed by atoms with van der Waals surface area (Å²) in [5, 5.41) is 13.3. The second kappa shape index (κ2) is 8.95. The topological polar surface area (TPSA) is 71.0 Å². The Morgan fingerprint density at radius 1 is 1.36 bits per heavy atom. The van der Waals surface area contributed by atoms with Gasteiger partial charge in [-0.15, -0.1) is 0 Å². The number of β-amino-alcohol motifs (C(OH)–C–C–N with tert-alkyl or cyclic N) is 1. The number of hydrogen-bond acceptors (Lipinski definition) is 5. The number of ether oxygens (including phenoxy) is 1. The van der Waals surface area contributed by atoms with Gasteiger partial charge in [-0.3, -0.25) is 4.90 Å². The minimum absolute atomic E-state index is 0.114. The summed E-state index contributed by atoms with van der Waals surface area (Å²) >= 11 is 0. The van der Waals surface area contributed by atoms with Crippen molar-refractivity contribution in [2.24, 2.45) is 5.92 Å². The van der Waals surface area contributed by atoms with Gasteiger partial charge in [0.2, 0.25) is 0 Å². The summed E-state index contributed by atoms with van der Waals surface area (Å²) in [6.45, 7) is 7.78. The van der Waals surface area contributed by atoms with Crippen LogP contribution < -0.4 is 5.32 Å². The zero-order valence-corrected chi connectivity index (χ0v) is 16.3. The summed E-state index contributed by atoms with van der Waals surface area (Å²) < 4.78 is 10.5. The van der Waals surface area contributed by atoms with Crippen LogP contribution in [0.5, 0.6) is 0 Å². The first-order valence-electron chi connectivity index (χ1n) is 8.54. The quantitative estimate of drug-likeness (QED) is 0.753. The molecule has 1 aliphatic heterocycles. The maximum Gasteiger partial charge on any atom is 0.407 e. The Morgan fingerprint density at radius 2 is 2.04 bits per heavy atom. The third-order valence-corrected chi connectivity index (χ3v) is 4.34. The van der Waals surface area contributed by atoms with Crippen LogP contribution in [0.15, 0.2) is 30.3 Å². The molecule has 0 aliphatic carbocycles. The molecule has 0 radical (unpaired) electrons. The summed E-state index contributed by atoms with van der Waals surface area (Å²) in [6, 6.07) is 9.83. The van der Waals surface area contributed by atoms with E-state index in [1.54, 1.807) is 0 Å². The van der Waals surface area contributed by atoms with E-state index < -0.39 is 17.8 Å². The van der Waals surface area contributed by atoms with Gasteiger partial charge in [-0.1, -0.05) is 30.3 Å². The van der Waals surface area contributed by atoms with Gasteiger partial charge in [0, 0.05) is 35.0 Å². The summed E-state index contributed by atoms with van der Waals surface area (Å²) in [7, 11) is 2.19. The lowest BCUT2D eigenvalue weighted by Crippen LogP contribution is -2.48. The van der Waals surface area contributed by atoms with Crippen LogP contribution in [-0.2, 0) is 15.8 Å². The van der Waals surface area contributed by atoms with Crippen LogP contribution in [-0.4, -0.2) is 53.5 Å². The van der Waals surface area contributed by atoms with Crippen molar-refractivity contribution in [2.75, 3.05) is 19.7 Å². The zero-order chi connectivity index (χ0) is 18.4. The lowest BCUT2D eigenvalue weighted by molar-refractivity contribution is 0.0420. The van der Waals surface area contributed by atoms with Gasteiger partial charge >= 0.3 is 6.09 Å². The van der Waals surface area contributed by atoms with Crippen molar-refractivity contribution in [3.8, 4) is 0 Å². The van der Waals surface area contributed by atoms with Crippen molar-refractivity contribution in [3.63, 3.8) is 0 Å². The number of nitrogens with one attached hydrogen (secondary N) is 1. The number of rotatable bonds is 6. The van der Waals surface area contributed by atoms with Gasteiger partial charge in [-0.25, -0.2) is 4.79 Å². The average molecular weight is 368 g/mol. The molecule has 1 aromatic rings. The first kappa shape index (κ1) is 20.1. The van der Waals surface area contributed by atoms with E-state index in [1.165, 1.54) is 5.56 Å². The summed E-state index contributed by atoms with van der Waals surface area (Å²) in [5.41, 5.74) is 0.638.